The van der Waals surface area contributed by atoms with Crippen LogP contribution in [0.25, 0.3) is 0 Å². The van der Waals surface area contributed by atoms with Crippen molar-refractivity contribution in [3.63, 3.8) is 0 Å². The zero-order valence-electron chi connectivity index (χ0n) is 23.2. The molecule has 4 heterocycles. The van der Waals surface area contributed by atoms with Gasteiger partial charge in [0.1, 0.15) is 18.2 Å². The average Bonchev–Trinajstić information content (AvgIpc) is 2.91. The van der Waals surface area contributed by atoms with Crippen molar-refractivity contribution in [1.82, 2.24) is 9.80 Å². The number of fused-ring (bicyclic) bond motifs is 3. The fraction of sp³-hybridized carbons (Fsp3) is 0.433. The number of carbonyl (C=O) groups excluding carboxylic acids is 1. The van der Waals surface area contributed by atoms with E-state index in [1.807, 2.05) is 29.2 Å². The number of anilines is 3. The van der Waals surface area contributed by atoms with E-state index in [9.17, 15) is 4.79 Å². The summed E-state index contributed by atoms with van der Waals surface area (Å²) in [5, 5.41) is 3.41. The van der Waals surface area contributed by atoms with Crippen LogP contribution < -0.4 is 19.9 Å². The van der Waals surface area contributed by atoms with Crippen LogP contribution in [0.5, 0.6) is 5.75 Å². The maximum Gasteiger partial charge on any atom is 0.330 e. The first kappa shape index (κ1) is 25.4. The van der Waals surface area contributed by atoms with Crippen LogP contribution in [0.2, 0.25) is 0 Å². The number of amides is 2. The summed E-state index contributed by atoms with van der Waals surface area (Å²) in [6, 6.07) is 12.3. The highest BCUT2D eigenvalue weighted by Gasteiger charge is 2.43. The minimum atomic E-state index is -0.0609. The smallest absolute Gasteiger partial charge is 0.330 e. The number of likely N-dealkylation sites (N-methyl/N-ethyl adjacent to an activating group) is 1. The summed E-state index contributed by atoms with van der Waals surface area (Å²) >= 11 is 0. The molecule has 4 aliphatic rings. The zero-order valence-corrected chi connectivity index (χ0v) is 23.2. The lowest BCUT2D eigenvalue weighted by Gasteiger charge is -2.44. The molecule has 0 aliphatic carbocycles. The Morgan fingerprint density at radius 1 is 1.00 bits per heavy atom. The highest BCUT2D eigenvalue weighted by atomic mass is 16.5. The van der Waals surface area contributed by atoms with Crippen LogP contribution >= 0.6 is 0 Å². The predicted molar refractivity (Wildman–Crippen MR) is 158 cm³/mol. The molecule has 6 rings (SSSR count). The fourth-order valence-corrected chi connectivity index (χ4v) is 5.91. The van der Waals surface area contributed by atoms with Crippen LogP contribution in [0.4, 0.5) is 21.9 Å². The molecule has 0 radical (unpaired) electrons. The molecule has 2 aromatic carbocycles. The lowest BCUT2D eigenvalue weighted by molar-refractivity contribution is 0.221. The van der Waals surface area contributed by atoms with Crippen LogP contribution in [-0.4, -0.2) is 86.6 Å². The minimum Gasteiger partial charge on any atom is -0.487 e. The van der Waals surface area contributed by atoms with E-state index in [2.05, 4.69) is 67.2 Å². The van der Waals surface area contributed by atoms with Crippen LogP contribution in [-0.2, 0) is 0 Å². The second kappa shape index (κ2) is 10.4. The maximum atomic E-state index is 14.0. The number of nitrogens with one attached hydrogen (secondary N) is 1. The Labute approximate surface area is 230 Å². The summed E-state index contributed by atoms with van der Waals surface area (Å²) in [4.78, 5) is 32.2. The molecular weight excluding hydrogens is 490 g/mol. The van der Waals surface area contributed by atoms with Crippen LogP contribution in [0.15, 0.2) is 58.5 Å². The van der Waals surface area contributed by atoms with Gasteiger partial charge in [-0.15, -0.1) is 0 Å². The second-order valence-corrected chi connectivity index (χ2v) is 10.9. The molecule has 2 amide bonds. The van der Waals surface area contributed by atoms with Crippen molar-refractivity contribution in [2.45, 2.75) is 26.8 Å². The number of amidine groups is 1. The standard InChI is InChI=1S/C30H37N7O2/c1-20-8-7-9-21(2)27(20)37-19-24-22(3)31-29-32-23-10-11-25(35-15-13-34(4)14-16-35)26(18-23)39-17-6-5-12-36(30(37)38)28(24)33-29/h5-11,18,22,24H,12-17,19H2,1-4H3,(H,31,32)/b6-5+. The number of nitrogens with zero attached hydrogens (tertiary/aromatic N) is 6. The Morgan fingerprint density at radius 2 is 1.77 bits per heavy atom. The van der Waals surface area contributed by atoms with Crippen molar-refractivity contribution in [2.75, 3.05) is 68.0 Å². The molecule has 0 spiro atoms. The number of aryl methyl sites for hydroxylation is 2. The van der Waals surface area contributed by atoms with E-state index < -0.39 is 0 Å². The number of urea groups is 1. The molecule has 9 heteroatoms. The largest absolute Gasteiger partial charge is 0.487 e. The molecule has 204 valence electrons. The molecule has 0 saturated carbocycles. The van der Waals surface area contributed by atoms with Gasteiger partial charge >= 0.3 is 6.03 Å². The molecule has 2 atom stereocenters. The number of rotatable bonds is 2. The average molecular weight is 528 g/mol. The number of guanidine groups is 1. The number of piperazine rings is 1. The molecule has 39 heavy (non-hydrogen) atoms. The molecule has 0 aromatic heterocycles. The van der Waals surface area contributed by atoms with E-state index in [-0.39, 0.29) is 18.0 Å². The van der Waals surface area contributed by atoms with Crippen LogP contribution in [0.3, 0.4) is 0 Å². The van der Waals surface area contributed by atoms with Crippen molar-refractivity contribution >= 4 is 34.9 Å². The minimum absolute atomic E-state index is 0.00259. The van der Waals surface area contributed by atoms with Crippen LogP contribution in [0.1, 0.15) is 18.1 Å². The SMILES string of the molecule is Cc1cccc(C)c1N1CC2C3=NC(=NC2C)Nc2ccc(N4CCN(C)CC4)c(c2)OC/C=C/CN3C1=O. The summed E-state index contributed by atoms with van der Waals surface area (Å²) < 4.78 is 6.28. The highest BCUT2D eigenvalue weighted by Crippen LogP contribution is 2.35. The van der Waals surface area contributed by atoms with E-state index in [1.165, 1.54) is 0 Å². The summed E-state index contributed by atoms with van der Waals surface area (Å²) in [5.74, 6) is 2.12. The van der Waals surface area contributed by atoms with E-state index in [0.29, 0.717) is 25.7 Å². The Balaban J connectivity index is 1.34. The summed E-state index contributed by atoms with van der Waals surface area (Å²) in [5.41, 5.74) is 5.11. The third kappa shape index (κ3) is 4.87. The Kier molecular flexibility index (Phi) is 6.76. The van der Waals surface area contributed by atoms with Crippen molar-refractivity contribution in [3.05, 3.63) is 59.7 Å². The molecule has 2 saturated heterocycles. The van der Waals surface area contributed by atoms with E-state index in [4.69, 9.17) is 14.7 Å². The lowest BCUT2D eigenvalue weighted by atomic mass is 9.94. The first-order chi connectivity index (χ1) is 18.9. The summed E-state index contributed by atoms with van der Waals surface area (Å²) in [6.45, 7) is 11.6. The monoisotopic (exact) mass is 527 g/mol. The van der Waals surface area contributed by atoms with Crippen molar-refractivity contribution < 1.29 is 9.53 Å². The quantitative estimate of drug-likeness (QED) is 0.595. The fourth-order valence-electron chi connectivity index (χ4n) is 5.91. The third-order valence-electron chi connectivity index (χ3n) is 8.14. The maximum absolute atomic E-state index is 14.0. The number of para-hydroxylation sites is 1. The molecule has 4 aliphatic heterocycles. The van der Waals surface area contributed by atoms with Gasteiger partial charge < -0.3 is 19.9 Å². The number of aliphatic imine (C=N–C) groups is 2. The van der Waals surface area contributed by atoms with Gasteiger partial charge in [0.05, 0.1) is 23.3 Å². The number of carbonyl (C=O) groups is 1. The van der Waals surface area contributed by atoms with Gasteiger partial charge in [0.25, 0.3) is 0 Å². The van der Waals surface area contributed by atoms with Gasteiger partial charge in [0.2, 0.25) is 5.96 Å². The zero-order chi connectivity index (χ0) is 27.1. The molecule has 2 aromatic rings. The normalized spacial score (nSPS) is 24.4. The third-order valence-corrected chi connectivity index (χ3v) is 8.14. The number of ether oxygens (including phenoxy) is 1. The molecule has 4 bridgehead atoms. The predicted octanol–water partition coefficient (Wildman–Crippen LogP) is 4.13. The Morgan fingerprint density at radius 3 is 2.54 bits per heavy atom. The first-order valence-electron chi connectivity index (χ1n) is 13.8. The first-order valence-corrected chi connectivity index (χ1v) is 13.8. The number of hydrogen-bond acceptors (Lipinski definition) is 7. The van der Waals surface area contributed by atoms with Crippen molar-refractivity contribution in [1.29, 1.82) is 0 Å². The molecule has 1 N–H and O–H groups in total. The molecule has 2 fully saturated rings. The summed E-state index contributed by atoms with van der Waals surface area (Å²) in [6.07, 6.45) is 4.00. The van der Waals surface area contributed by atoms with Gasteiger partial charge in [-0.2, -0.15) is 4.99 Å². The molecular formula is C30H37N7O2. The van der Waals surface area contributed by atoms with Crippen molar-refractivity contribution in [3.8, 4) is 5.75 Å². The highest BCUT2D eigenvalue weighted by molar-refractivity contribution is 6.14. The van der Waals surface area contributed by atoms with Gasteiger partial charge in [0.15, 0.2) is 0 Å². The van der Waals surface area contributed by atoms with Gasteiger partial charge in [-0.05, 0) is 57.2 Å². The molecule has 2 unspecified atom stereocenters. The summed E-state index contributed by atoms with van der Waals surface area (Å²) in [7, 11) is 2.16. The van der Waals surface area contributed by atoms with Gasteiger partial charge in [0, 0.05) is 51.0 Å². The van der Waals surface area contributed by atoms with E-state index in [1.54, 1.807) is 4.90 Å². The van der Waals surface area contributed by atoms with Gasteiger partial charge in [-0.3, -0.25) is 9.80 Å². The lowest BCUT2D eigenvalue weighted by Crippen LogP contribution is -2.60. The van der Waals surface area contributed by atoms with E-state index >= 15 is 0 Å². The van der Waals surface area contributed by atoms with Gasteiger partial charge in [-0.1, -0.05) is 24.3 Å². The molecule has 9 nitrogen and oxygen atoms in total. The Hall–Kier alpha value is -3.85. The number of benzene rings is 2. The van der Waals surface area contributed by atoms with Crippen molar-refractivity contribution in [2.24, 2.45) is 15.9 Å². The Bertz CT molecular complexity index is 1340. The topological polar surface area (TPSA) is 76.0 Å². The second-order valence-electron chi connectivity index (χ2n) is 10.9. The van der Waals surface area contributed by atoms with Gasteiger partial charge in [-0.25, -0.2) is 9.79 Å². The van der Waals surface area contributed by atoms with E-state index in [0.717, 1.165) is 66.0 Å². The number of hydrogen-bond donors (Lipinski definition) is 1. The van der Waals surface area contributed by atoms with Crippen LogP contribution in [0, 0.1) is 19.8 Å².